The van der Waals surface area contributed by atoms with E-state index in [9.17, 15) is 4.39 Å². The molecule has 0 bridgehead atoms. The number of hydrogen-bond acceptors (Lipinski definition) is 2. The number of nitrogens with two attached hydrogens (primary N) is 1. The number of aromatic nitrogens is 2. The first-order valence-corrected chi connectivity index (χ1v) is 6.14. The molecule has 0 aliphatic rings. The smallest absolute Gasteiger partial charge is 0.205 e. The molecule has 5 heteroatoms. The molecule has 2 N–H and O–H groups in total. The topological polar surface area (TPSA) is 43.8 Å². The second-order valence-electron chi connectivity index (χ2n) is 3.89. The number of nitrogens with zero attached hydrogens (tertiary/aromatic N) is 2. The molecule has 0 aliphatic carbocycles. The normalized spacial score (nSPS) is 11.0. The van der Waals surface area contributed by atoms with Gasteiger partial charge in [0.25, 0.3) is 0 Å². The van der Waals surface area contributed by atoms with Crippen molar-refractivity contribution < 1.29 is 4.39 Å². The van der Waals surface area contributed by atoms with E-state index in [-0.39, 0.29) is 5.82 Å². The van der Waals surface area contributed by atoms with Gasteiger partial charge in [0, 0.05) is 0 Å². The van der Waals surface area contributed by atoms with Crippen LogP contribution in [0.4, 0.5) is 10.3 Å². The Balaban J connectivity index is 2.30. The van der Waals surface area contributed by atoms with Gasteiger partial charge in [0.15, 0.2) is 0 Å². The highest BCUT2D eigenvalue weighted by Gasteiger charge is 2.10. The van der Waals surface area contributed by atoms with Crippen molar-refractivity contribution in [2.45, 2.75) is 0 Å². The molecule has 90 valence electrons. The van der Waals surface area contributed by atoms with Crippen LogP contribution < -0.4 is 5.73 Å². The zero-order chi connectivity index (χ0) is 12.7. The number of rotatable bonds is 1. The summed E-state index contributed by atoms with van der Waals surface area (Å²) in [6, 6.07) is 12.4. The molecule has 0 unspecified atom stereocenters. The zero-order valence-corrected chi connectivity index (χ0v) is 10.9. The highest BCUT2D eigenvalue weighted by atomic mass is 79.9. The number of imidazole rings is 1. The molecule has 3 nitrogen and oxygen atoms in total. The van der Waals surface area contributed by atoms with Gasteiger partial charge in [-0.3, -0.25) is 4.57 Å². The van der Waals surface area contributed by atoms with Gasteiger partial charge in [-0.25, -0.2) is 9.37 Å². The van der Waals surface area contributed by atoms with Gasteiger partial charge in [-0.1, -0.05) is 12.1 Å². The van der Waals surface area contributed by atoms with E-state index in [1.165, 1.54) is 6.07 Å². The van der Waals surface area contributed by atoms with Gasteiger partial charge in [0.2, 0.25) is 5.95 Å². The number of hydrogen-bond donors (Lipinski definition) is 1. The Hall–Kier alpha value is -1.88. The summed E-state index contributed by atoms with van der Waals surface area (Å²) in [7, 11) is 0. The average molecular weight is 306 g/mol. The lowest BCUT2D eigenvalue weighted by Gasteiger charge is -2.07. The highest BCUT2D eigenvalue weighted by molar-refractivity contribution is 9.10. The quantitative estimate of drug-likeness (QED) is 0.747. The minimum absolute atomic E-state index is 0.304. The highest BCUT2D eigenvalue weighted by Crippen LogP contribution is 2.25. The molecule has 0 radical (unpaired) electrons. The van der Waals surface area contributed by atoms with E-state index in [0.29, 0.717) is 10.4 Å². The molecule has 0 aliphatic heterocycles. The van der Waals surface area contributed by atoms with Crippen LogP contribution in [0.25, 0.3) is 16.7 Å². The molecule has 0 amide bonds. The Morgan fingerprint density at radius 1 is 1.17 bits per heavy atom. The monoisotopic (exact) mass is 305 g/mol. The molecule has 0 spiro atoms. The van der Waals surface area contributed by atoms with Gasteiger partial charge in [0.1, 0.15) is 5.82 Å². The van der Waals surface area contributed by atoms with Crippen LogP contribution >= 0.6 is 15.9 Å². The Labute approximate surface area is 111 Å². The lowest BCUT2D eigenvalue weighted by atomic mass is 10.3. The van der Waals surface area contributed by atoms with E-state index in [1.54, 1.807) is 16.7 Å². The maximum Gasteiger partial charge on any atom is 0.205 e. The minimum atomic E-state index is -0.304. The lowest BCUT2D eigenvalue weighted by molar-refractivity contribution is 0.620. The predicted octanol–water partition coefficient (Wildman–Crippen LogP) is 3.51. The van der Waals surface area contributed by atoms with Crippen molar-refractivity contribution in [2.24, 2.45) is 0 Å². The first kappa shape index (κ1) is 11.2. The van der Waals surface area contributed by atoms with E-state index in [4.69, 9.17) is 5.73 Å². The third kappa shape index (κ3) is 1.67. The summed E-state index contributed by atoms with van der Waals surface area (Å²) in [6.45, 7) is 0. The van der Waals surface area contributed by atoms with Gasteiger partial charge in [-0.15, -0.1) is 0 Å². The van der Waals surface area contributed by atoms with Crippen molar-refractivity contribution in [3.05, 3.63) is 52.8 Å². The number of benzene rings is 2. The van der Waals surface area contributed by atoms with Crippen LogP contribution in [0, 0.1) is 5.82 Å². The number of fused-ring (bicyclic) bond motifs is 1. The first-order chi connectivity index (χ1) is 8.66. The third-order valence-corrected chi connectivity index (χ3v) is 3.36. The summed E-state index contributed by atoms with van der Waals surface area (Å²) in [5.41, 5.74) is 8.40. The molecule has 1 heterocycles. The van der Waals surface area contributed by atoms with Crippen LogP contribution in [-0.4, -0.2) is 9.55 Å². The fourth-order valence-electron chi connectivity index (χ4n) is 1.94. The maximum absolute atomic E-state index is 13.3. The van der Waals surface area contributed by atoms with Crippen LogP contribution in [-0.2, 0) is 0 Å². The maximum atomic E-state index is 13.3. The average Bonchev–Trinajstić information content (AvgIpc) is 2.69. The molecule has 0 saturated carbocycles. The molecule has 2 aromatic carbocycles. The summed E-state index contributed by atoms with van der Waals surface area (Å²) in [5.74, 6) is 0.0800. The third-order valence-electron chi connectivity index (χ3n) is 2.75. The molecular formula is C13H9BrFN3. The SMILES string of the molecule is Nc1nc2ccccc2n1-c1ccc(F)c(Br)c1. The van der Waals surface area contributed by atoms with Crippen LogP contribution in [0.5, 0.6) is 0 Å². The van der Waals surface area contributed by atoms with Gasteiger partial charge in [-0.05, 0) is 46.3 Å². The minimum Gasteiger partial charge on any atom is -0.369 e. The van der Waals surface area contributed by atoms with E-state index < -0.39 is 0 Å². The van der Waals surface area contributed by atoms with E-state index >= 15 is 0 Å². The lowest BCUT2D eigenvalue weighted by Crippen LogP contribution is -2.00. The van der Waals surface area contributed by atoms with E-state index in [0.717, 1.165) is 16.7 Å². The standard InChI is InChI=1S/C13H9BrFN3/c14-9-7-8(5-6-10(9)15)18-12-4-2-1-3-11(12)17-13(18)16/h1-7H,(H2,16,17). The number of anilines is 1. The largest absolute Gasteiger partial charge is 0.369 e. The number of para-hydroxylation sites is 2. The molecule has 1 aromatic heterocycles. The second-order valence-corrected chi connectivity index (χ2v) is 4.75. The number of nitrogen functional groups attached to an aromatic ring is 1. The van der Waals surface area contributed by atoms with Crippen molar-refractivity contribution in [3.8, 4) is 5.69 Å². The van der Waals surface area contributed by atoms with Gasteiger partial charge >= 0.3 is 0 Å². The molecule has 3 rings (SSSR count). The van der Waals surface area contributed by atoms with Crippen molar-refractivity contribution in [3.63, 3.8) is 0 Å². The van der Waals surface area contributed by atoms with Crippen molar-refractivity contribution >= 4 is 32.9 Å². The van der Waals surface area contributed by atoms with Crippen LogP contribution in [0.3, 0.4) is 0 Å². The Bertz CT molecular complexity index is 736. The summed E-state index contributed by atoms with van der Waals surface area (Å²) < 4.78 is 15.4. The van der Waals surface area contributed by atoms with Crippen molar-refractivity contribution in [1.82, 2.24) is 9.55 Å². The van der Waals surface area contributed by atoms with Crippen LogP contribution in [0.1, 0.15) is 0 Å². The second kappa shape index (κ2) is 4.10. The van der Waals surface area contributed by atoms with E-state index in [1.807, 2.05) is 24.3 Å². The Morgan fingerprint density at radius 2 is 1.94 bits per heavy atom. The molecule has 0 atom stereocenters. The van der Waals surface area contributed by atoms with E-state index in [2.05, 4.69) is 20.9 Å². The molecule has 0 saturated heterocycles. The fourth-order valence-corrected chi connectivity index (χ4v) is 2.31. The summed E-state index contributed by atoms with van der Waals surface area (Å²) in [5, 5.41) is 0. The Kier molecular flexibility index (Phi) is 2.56. The molecule has 0 fully saturated rings. The molecule has 3 aromatic rings. The Morgan fingerprint density at radius 3 is 2.72 bits per heavy atom. The molecule has 18 heavy (non-hydrogen) atoms. The van der Waals surface area contributed by atoms with Gasteiger partial charge in [0.05, 0.1) is 21.2 Å². The first-order valence-electron chi connectivity index (χ1n) is 5.35. The van der Waals surface area contributed by atoms with Crippen molar-refractivity contribution in [1.29, 1.82) is 0 Å². The van der Waals surface area contributed by atoms with Crippen molar-refractivity contribution in [2.75, 3.05) is 5.73 Å². The molecular weight excluding hydrogens is 297 g/mol. The summed E-state index contributed by atoms with van der Waals surface area (Å²) in [4.78, 5) is 4.27. The summed E-state index contributed by atoms with van der Waals surface area (Å²) >= 11 is 3.17. The number of halogens is 2. The summed E-state index contributed by atoms with van der Waals surface area (Å²) in [6.07, 6.45) is 0. The van der Waals surface area contributed by atoms with Gasteiger partial charge < -0.3 is 5.73 Å². The fraction of sp³-hybridized carbons (Fsp3) is 0. The zero-order valence-electron chi connectivity index (χ0n) is 9.27. The predicted molar refractivity (Wildman–Crippen MR) is 73.1 cm³/mol. The van der Waals surface area contributed by atoms with Gasteiger partial charge in [-0.2, -0.15) is 0 Å². The van der Waals surface area contributed by atoms with Crippen LogP contribution in [0.15, 0.2) is 46.9 Å². The van der Waals surface area contributed by atoms with Crippen LogP contribution in [0.2, 0.25) is 0 Å².